The molecule has 0 radical (unpaired) electrons. The van der Waals surface area contributed by atoms with Crippen molar-refractivity contribution in [3.05, 3.63) is 75.7 Å². The second kappa shape index (κ2) is 9.46. The molecule has 0 bridgehead atoms. The summed E-state index contributed by atoms with van der Waals surface area (Å²) in [4.78, 5) is 14.5. The molecule has 1 aliphatic carbocycles. The Balaban J connectivity index is 0.00000225. The van der Waals surface area contributed by atoms with Gasteiger partial charge >= 0.3 is 0 Å². The lowest BCUT2D eigenvalue weighted by Crippen LogP contribution is -2.36. The fourth-order valence-electron chi connectivity index (χ4n) is 3.82. The first-order valence-corrected chi connectivity index (χ1v) is 9.91. The van der Waals surface area contributed by atoms with Crippen molar-refractivity contribution in [3.8, 4) is 0 Å². The Hall–Kier alpha value is -2.01. The Labute approximate surface area is 176 Å². The monoisotopic (exact) mass is 417 g/mol. The second-order valence-corrected chi connectivity index (χ2v) is 7.75. The van der Waals surface area contributed by atoms with Crippen LogP contribution in [0.1, 0.15) is 31.2 Å². The van der Waals surface area contributed by atoms with E-state index in [4.69, 9.17) is 11.6 Å². The molecule has 3 N–H and O–H groups in total. The fourth-order valence-corrected chi connectivity index (χ4v) is 3.95. The zero-order chi connectivity index (χ0) is 18.6. The quantitative estimate of drug-likeness (QED) is 0.539. The van der Waals surface area contributed by atoms with E-state index >= 15 is 0 Å². The maximum atomic E-state index is 11.8. The Bertz CT molecular complexity index is 963. The van der Waals surface area contributed by atoms with Gasteiger partial charge < -0.3 is 15.6 Å². The zero-order valence-electron chi connectivity index (χ0n) is 15.6. The number of benzene rings is 2. The maximum Gasteiger partial charge on any atom is 0.255 e. The van der Waals surface area contributed by atoms with Crippen molar-refractivity contribution < 1.29 is 0 Å². The molecule has 1 fully saturated rings. The number of H-pyrrole nitrogens is 1. The van der Waals surface area contributed by atoms with Crippen LogP contribution in [0, 0.1) is 0 Å². The molecule has 28 heavy (non-hydrogen) atoms. The number of halogens is 2. The minimum atomic E-state index is -0.0358. The standard InChI is InChI=1S/C22H24ClN3O.ClH/c23-17-3-1-15(2-4-17)14-25-18-5-7-19(8-6-18)26-20-9-10-21-16(13-20)11-12-24-22(21)27;/h1-4,9-13,18-19,25-26H,5-8,14H2,(H,24,27);1H. The lowest BCUT2D eigenvalue weighted by Gasteiger charge is -2.30. The van der Waals surface area contributed by atoms with Crippen LogP contribution in [0.4, 0.5) is 5.69 Å². The van der Waals surface area contributed by atoms with E-state index in [-0.39, 0.29) is 18.0 Å². The molecular formula is C22H25Cl2N3O. The number of fused-ring (bicyclic) bond motifs is 1. The Morgan fingerprint density at radius 2 is 1.68 bits per heavy atom. The van der Waals surface area contributed by atoms with Gasteiger partial charge in [0.2, 0.25) is 0 Å². The van der Waals surface area contributed by atoms with E-state index in [0.29, 0.717) is 12.1 Å². The van der Waals surface area contributed by atoms with Crippen LogP contribution in [0.3, 0.4) is 0 Å². The Morgan fingerprint density at radius 1 is 0.964 bits per heavy atom. The Morgan fingerprint density at radius 3 is 2.43 bits per heavy atom. The number of anilines is 1. The first-order chi connectivity index (χ1) is 13.2. The van der Waals surface area contributed by atoms with Crippen molar-refractivity contribution in [2.45, 2.75) is 44.3 Å². The highest BCUT2D eigenvalue weighted by atomic mass is 35.5. The van der Waals surface area contributed by atoms with Gasteiger partial charge in [-0.15, -0.1) is 12.4 Å². The van der Waals surface area contributed by atoms with Gasteiger partial charge in [-0.25, -0.2) is 0 Å². The van der Waals surface area contributed by atoms with E-state index in [1.165, 1.54) is 18.4 Å². The summed E-state index contributed by atoms with van der Waals surface area (Å²) >= 11 is 5.94. The van der Waals surface area contributed by atoms with E-state index in [2.05, 4.69) is 33.8 Å². The minimum absolute atomic E-state index is 0. The lowest BCUT2D eigenvalue weighted by molar-refractivity contribution is 0.353. The number of pyridine rings is 1. The summed E-state index contributed by atoms with van der Waals surface area (Å²) in [5.41, 5.74) is 2.32. The molecule has 6 heteroatoms. The highest BCUT2D eigenvalue weighted by Crippen LogP contribution is 2.24. The van der Waals surface area contributed by atoms with Gasteiger partial charge in [0.1, 0.15) is 0 Å². The van der Waals surface area contributed by atoms with E-state index in [1.807, 2.05) is 30.3 Å². The van der Waals surface area contributed by atoms with Crippen molar-refractivity contribution in [2.75, 3.05) is 5.32 Å². The lowest BCUT2D eigenvalue weighted by atomic mass is 9.90. The molecule has 3 aromatic rings. The molecular weight excluding hydrogens is 393 g/mol. The summed E-state index contributed by atoms with van der Waals surface area (Å²) < 4.78 is 0. The topological polar surface area (TPSA) is 56.9 Å². The van der Waals surface area contributed by atoms with Gasteiger partial charge in [0, 0.05) is 40.9 Å². The van der Waals surface area contributed by atoms with Crippen molar-refractivity contribution in [1.82, 2.24) is 10.3 Å². The van der Waals surface area contributed by atoms with Crippen LogP contribution in [0.5, 0.6) is 0 Å². The van der Waals surface area contributed by atoms with Gasteiger partial charge in [-0.3, -0.25) is 4.79 Å². The number of hydrogen-bond donors (Lipinski definition) is 3. The molecule has 4 rings (SSSR count). The predicted molar refractivity (Wildman–Crippen MR) is 120 cm³/mol. The fraction of sp³-hybridized carbons (Fsp3) is 0.318. The zero-order valence-corrected chi connectivity index (χ0v) is 17.2. The first-order valence-electron chi connectivity index (χ1n) is 9.53. The molecule has 0 aliphatic heterocycles. The SMILES string of the molecule is Cl.O=c1[nH]ccc2cc(NC3CCC(NCc4ccc(Cl)cc4)CC3)ccc12. The number of nitrogens with one attached hydrogen (secondary N) is 3. The maximum absolute atomic E-state index is 11.8. The average molecular weight is 418 g/mol. The predicted octanol–water partition coefficient (Wildman–Crippen LogP) is 5.12. The van der Waals surface area contributed by atoms with Gasteiger partial charge in [0.05, 0.1) is 0 Å². The van der Waals surface area contributed by atoms with Gasteiger partial charge in [-0.1, -0.05) is 23.7 Å². The summed E-state index contributed by atoms with van der Waals surface area (Å²) in [5, 5.41) is 9.79. The van der Waals surface area contributed by atoms with Crippen LogP contribution >= 0.6 is 24.0 Å². The van der Waals surface area contributed by atoms with Crippen LogP contribution < -0.4 is 16.2 Å². The third-order valence-electron chi connectivity index (χ3n) is 5.38. The van der Waals surface area contributed by atoms with Crippen LogP contribution in [-0.4, -0.2) is 17.1 Å². The molecule has 1 aromatic heterocycles. The molecule has 0 amide bonds. The van der Waals surface area contributed by atoms with Crippen LogP contribution in [0.2, 0.25) is 5.02 Å². The molecule has 0 atom stereocenters. The molecule has 4 nitrogen and oxygen atoms in total. The molecule has 1 heterocycles. The van der Waals surface area contributed by atoms with E-state index in [1.54, 1.807) is 6.20 Å². The van der Waals surface area contributed by atoms with Gasteiger partial charge in [0.25, 0.3) is 5.56 Å². The van der Waals surface area contributed by atoms with Crippen LogP contribution in [0.15, 0.2) is 59.5 Å². The number of rotatable bonds is 5. The third kappa shape index (κ3) is 5.07. The number of hydrogen-bond acceptors (Lipinski definition) is 3. The smallest absolute Gasteiger partial charge is 0.255 e. The summed E-state index contributed by atoms with van der Waals surface area (Å²) in [7, 11) is 0. The minimum Gasteiger partial charge on any atom is -0.382 e. The van der Waals surface area contributed by atoms with Gasteiger partial charge in [0.15, 0.2) is 0 Å². The normalized spacial score (nSPS) is 19.2. The van der Waals surface area contributed by atoms with Crippen molar-refractivity contribution in [2.24, 2.45) is 0 Å². The molecule has 2 aromatic carbocycles. The summed E-state index contributed by atoms with van der Waals surface area (Å²) in [6.45, 7) is 0.888. The molecule has 0 unspecified atom stereocenters. The number of aromatic amines is 1. The average Bonchev–Trinajstić information content (AvgIpc) is 2.69. The summed E-state index contributed by atoms with van der Waals surface area (Å²) in [6, 6.07) is 17.0. The Kier molecular flexibility index (Phi) is 7.00. The largest absolute Gasteiger partial charge is 0.382 e. The summed E-state index contributed by atoms with van der Waals surface area (Å²) in [6.07, 6.45) is 6.32. The van der Waals surface area contributed by atoms with Gasteiger partial charge in [-0.2, -0.15) is 0 Å². The first kappa shape index (κ1) is 20.7. The van der Waals surface area contributed by atoms with Crippen molar-refractivity contribution in [3.63, 3.8) is 0 Å². The van der Waals surface area contributed by atoms with Crippen LogP contribution in [-0.2, 0) is 6.54 Å². The van der Waals surface area contributed by atoms with E-state index in [0.717, 1.165) is 40.9 Å². The van der Waals surface area contributed by atoms with Crippen molar-refractivity contribution >= 4 is 40.5 Å². The van der Waals surface area contributed by atoms with Crippen LogP contribution in [0.25, 0.3) is 10.8 Å². The van der Waals surface area contributed by atoms with Gasteiger partial charge in [-0.05, 0) is 73.0 Å². The highest BCUT2D eigenvalue weighted by Gasteiger charge is 2.20. The second-order valence-electron chi connectivity index (χ2n) is 7.31. The molecule has 0 spiro atoms. The highest BCUT2D eigenvalue weighted by molar-refractivity contribution is 6.30. The molecule has 0 saturated heterocycles. The summed E-state index contributed by atoms with van der Waals surface area (Å²) in [5.74, 6) is 0. The third-order valence-corrected chi connectivity index (χ3v) is 5.63. The molecule has 1 saturated carbocycles. The van der Waals surface area contributed by atoms with E-state index in [9.17, 15) is 4.79 Å². The molecule has 148 valence electrons. The van der Waals surface area contributed by atoms with Crippen molar-refractivity contribution in [1.29, 1.82) is 0 Å². The molecule has 1 aliphatic rings. The number of aromatic nitrogens is 1. The van der Waals surface area contributed by atoms with E-state index < -0.39 is 0 Å².